The van der Waals surface area contributed by atoms with Gasteiger partial charge in [-0.3, -0.25) is 4.79 Å². The molecule has 0 N–H and O–H groups in total. The van der Waals surface area contributed by atoms with Crippen molar-refractivity contribution >= 4 is 11.7 Å². The highest BCUT2D eigenvalue weighted by Crippen LogP contribution is 2.36. The van der Waals surface area contributed by atoms with Crippen molar-refractivity contribution in [2.45, 2.75) is 18.9 Å². The standard InChI is InChI=1S/C16H19N3O2/c1-18-10-8-17-15(18)11-19-9-7-13(16(20)21-2)12-5-3-4-6-14(12)19/h3-6,8,10,13H,7,9,11H2,1-2H3/t13-/m1/s1. The van der Waals surface area contributed by atoms with Gasteiger partial charge < -0.3 is 14.2 Å². The molecule has 1 aliphatic rings. The van der Waals surface area contributed by atoms with Crippen molar-refractivity contribution in [1.29, 1.82) is 0 Å². The van der Waals surface area contributed by atoms with Gasteiger partial charge >= 0.3 is 5.97 Å². The Labute approximate surface area is 124 Å². The van der Waals surface area contributed by atoms with Crippen LogP contribution < -0.4 is 4.90 Å². The van der Waals surface area contributed by atoms with Gasteiger partial charge in [-0.05, 0) is 18.1 Å². The first-order valence-electron chi connectivity index (χ1n) is 7.08. The number of rotatable bonds is 3. The molecule has 3 rings (SSSR count). The minimum absolute atomic E-state index is 0.154. The molecule has 0 saturated heterocycles. The number of esters is 1. The Balaban J connectivity index is 1.91. The van der Waals surface area contributed by atoms with Crippen molar-refractivity contribution in [3.05, 3.63) is 48.0 Å². The van der Waals surface area contributed by atoms with Crippen molar-refractivity contribution in [1.82, 2.24) is 9.55 Å². The summed E-state index contributed by atoms with van der Waals surface area (Å²) < 4.78 is 6.96. The summed E-state index contributed by atoms with van der Waals surface area (Å²) in [6, 6.07) is 8.05. The molecule has 2 heterocycles. The second kappa shape index (κ2) is 5.60. The summed E-state index contributed by atoms with van der Waals surface area (Å²) in [6.45, 7) is 1.57. The molecular formula is C16H19N3O2. The average molecular weight is 285 g/mol. The van der Waals surface area contributed by atoms with Gasteiger partial charge in [0.05, 0.1) is 19.6 Å². The van der Waals surface area contributed by atoms with Gasteiger partial charge in [0.1, 0.15) is 5.82 Å². The fourth-order valence-electron chi connectivity index (χ4n) is 2.90. The van der Waals surface area contributed by atoms with Gasteiger partial charge in [-0.1, -0.05) is 18.2 Å². The van der Waals surface area contributed by atoms with Crippen molar-refractivity contribution in [2.75, 3.05) is 18.6 Å². The highest BCUT2D eigenvalue weighted by Gasteiger charge is 2.30. The molecule has 2 aromatic rings. The summed E-state index contributed by atoms with van der Waals surface area (Å²) in [5, 5.41) is 0. The Bertz CT molecular complexity index is 650. The summed E-state index contributed by atoms with van der Waals surface area (Å²) in [4.78, 5) is 18.6. The maximum atomic E-state index is 12.0. The van der Waals surface area contributed by atoms with E-state index < -0.39 is 0 Å². The molecule has 0 fully saturated rings. The number of benzene rings is 1. The fraction of sp³-hybridized carbons (Fsp3) is 0.375. The van der Waals surface area contributed by atoms with Crippen molar-refractivity contribution in [3.8, 4) is 0 Å². The molecule has 0 bridgehead atoms. The third-order valence-electron chi connectivity index (χ3n) is 4.08. The zero-order valence-corrected chi connectivity index (χ0v) is 12.3. The minimum Gasteiger partial charge on any atom is -0.469 e. The van der Waals surface area contributed by atoms with Gasteiger partial charge in [0.15, 0.2) is 0 Å². The molecule has 1 aromatic heterocycles. The maximum Gasteiger partial charge on any atom is 0.313 e. The highest BCUT2D eigenvalue weighted by molar-refractivity contribution is 5.81. The van der Waals surface area contributed by atoms with Crippen LogP contribution in [0.4, 0.5) is 5.69 Å². The highest BCUT2D eigenvalue weighted by atomic mass is 16.5. The van der Waals surface area contributed by atoms with Crippen LogP contribution in [0.5, 0.6) is 0 Å². The first kappa shape index (κ1) is 13.7. The number of carbonyl (C=O) groups excluding carboxylic acids is 1. The first-order chi connectivity index (χ1) is 10.2. The van der Waals surface area contributed by atoms with Crippen LogP contribution >= 0.6 is 0 Å². The Kier molecular flexibility index (Phi) is 3.64. The molecule has 0 amide bonds. The monoisotopic (exact) mass is 285 g/mol. The van der Waals surface area contributed by atoms with Gasteiger partial charge in [-0.15, -0.1) is 0 Å². The molecule has 5 heteroatoms. The summed E-state index contributed by atoms with van der Waals surface area (Å²) >= 11 is 0. The number of anilines is 1. The number of carbonyl (C=O) groups is 1. The second-order valence-electron chi connectivity index (χ2n) is 5.30. The lowest BCUT2D eigenvalue weighted by Gasteiger charge is -2.34. The average Bonchev–Trinajstić information content (AvgIpc) is 2.92. The van der Waals surface area contributed by atoms with E-state index in [1.807, 2.05) is 42.2 Å². The van der Waals surface area contributed by atoms with Crippen molar-refractivity contribution < 1.29 is 9.53 Å². The fourth-order valence-corrected chi connectivity index (χ4v) is 2.90. The van der Waals surface area contributed by atoms with Gasteiger partial charge in [-0.25, -0.2) is 4.98 Å². The molecule has 0 saturated carbocycles. The van der Waals surface area contributed by atoms with E-state index in [9.17, 15) is 4.79 Å². The first-order valence-corrected chi connectivity index (χ1v) is 7.08. The van der Waals surface area contributed by atoms with E-state index in [0.29, 0.717) is 0 Å². The largest absolute Gasteiger partial charge is 0.469 e. The normalized spacial score (nSPS) is 17.4. The van der Waals surface area contributed by atoms with Crippen LogP contribution in [-0.2, 0) is 23.1 Å². The molecule has 0 spiro atoms. The molecule has 5 nitrogen and oxygen atoms in total. The number of hydrogen-bond acceptors (Lipinski definition) is 4. The van der Waals surface area contributed by atoms with E-state index in [0.717, 1.165) is 36.6 Å². The van der Waals surface area contributed by atoms with Gasteiger partial charge in [-0.2, -0.15) is 0 Å². The SMILES string of the molecule is COC(=O)[C@@H]1CCN(Cc2nccn2C)c2ccccc21. The third-order valence-corrected chi connectivity index (χ3v) is 4.08. The molecule has 21 heavy (non-hydrogen) atoms. The van der Waals surface area contributed by atoms with Gasteiger partial charge in [0, 0.05) is 31.7 Å². The van der Waals surface area contributed by atoms with Crippen molar-refractivity contribution in [2.24, 2.45) is 7.05 Å². The number of aromatic nitrogens is 2. The lowest BCUT2D eigenvalue weighted by atomic mass is 9.90. The second-order valence-corrected chi connectivity index (χ2v) is 5.30. The van der Waals surface area contributed by atoms with Gasteiger partial charge in [0.25, 0.3) is 0 Å². The van der Waals surface area contributed by atoms with Crippen LogP contribution in [0.3, 0.4) is 0 Å². The summed E-state index contributed by atoms with van der Waals surface area (Å²) in [5.74, 6) is 0.698. The molecular weight excluding hydrogens is 266 g/mol. The molecule has 0 unspecified atom stereocenters. The number of ether oxygens (including phenoxy) is 1. The third kappa shape index (κ3) is 2.51. The summed E-state index contributed by atoms with van der Waals surface area (Å²) in [5.41, 5.74) is 2.15. The van der Waals surface area contributed by atoms with Crippen molar-refractivity contribution in [3.63, 3.8) is 0 Å². The Morgan fingerprint density at radius 1 is 1.43 bits per heavy atom. The van der Waals surface area contributed by atoms with Crippen LogP contribution in [0.25, 0.3) is 0 Å². The van der Waals surface area contributed by atoms with Crippen LogP contribution in [0.15, 0.2) is 36.7 Å². The predicted molar refractivity (Wildman–Crippen MR) is 80.1 cm³/mol. The lowest BCUT2D eigenvalue weighted by Crippen LogP contribution is -2.34. The van der Waals surface area contributed by atoms with E-state index in [1.54, 1.807) is 0 Å². The number of methoxy groups -OCH3 is 1. The summed E-state index contributed by atoms with van der Waals surface area (Å²) in [7, 11) is 3.45. The Morgan fingerprint density at radius 3 is 2.95 bits per heavy atom. The Hall–Kier alpha value is -2.30. The van der Waals surface area contributed by atoms with E-state index >= 15 is 0 Å². The molecule has 1 aromatic carbocycles. The lowest BCUT2D eigenvalue weighted by molar-refractivity contribution is -0.142. The van der Waals surface area contributed by atoms with Gasteiger partial charge in [0.2, 0.25) is 0 Å². The van der Waals surface area contributed by atoms with Crippen LogP contribution in [0.2, 0.25) is 0 Å². The maximum absolute atomic E-state index is 12.0. The molecule has 1 aliphatic heterocycles. The van der Waals surface area contributed by atoms with E-state index in [2.05, 4.69) is 16.0 Å². The molecule has 1 atom stereocenters. The molecule has 110 valence electrons. The number of nitrogens with zero attached hydrogens (tertiary/aromatic N) is 3. The van der Waals surface area contributed by atoms with E-state index in [4.69, 9.17) is 4.74 Å². The predicted octanol–water partition coefficient (Wildman–Crippen LogP) is 2.09. The number of para-hydroxylation sites is 1. The quantitative estimate of drug-likeness (QED) is 0.810. The topological polar surface area (TPSA) is 47.4 Å². The number of hydrogen-bond donors (Lipinski definition) is 0. The molecule has 0 radical (unpaired) electrons. The number of aryl methyl sites for hydroxylation is 1. The Morgan fingerprint density at radius 2 is 2.24 bits per heavy atom. The van der Waals surface area contributed by atoms with E-state index in [1.165, 1.54) is 7.11 Å². The van der Waals surface area contributed by atoms with Crippen LogP contribution in [0.1, 0.15) is 23.7 Å². The van der Waals surface area contributed by atoms with Crippen LogP contribution in [0, 0.1) is 0 Å². The summed E-state index contributed by atoms with van der Waals surface area (Å²) in [6.07, 6.45) is 4.53. The number of fused-ring (bicyclic) bond motifs is 1. The molecule has 0 aliphatic carbocycles. The zero-order valence-electron chi connectivity index (χ0n) is 12.3. The van der Waals surface area contributed by atoms with Crippen LogP contribution in [-0.4, -0.2) is 29.2 Å². The smallest absolute Gasteiger partial charge is 0.313 e. The van der Waals surface area contributed by atoms with E-state index in [-0.39, 0.29) is 11.9 Å². The zero-order chi connectivity index (χ0) is 14.8. The minimum atomic E-state index is -0.163. The number of imidazole rings is 1.